The van der Waals surface area contributed by atoms with Gasteiger partial charge in [-0.2, -0.15) is 0 Å². The van der Waals surface area contributed by atoms with Gasteiger partial charge >= 0.3 is 6.03 Å². The number of halogens is 1. The molecule has 0 spiro atoms. The van der Waals surface area contributed by atoms with Gasteiger partial charge in [0.1, 0.15) is 5.75 Å². The van der Waals surface area contributed by atoms with Crippen LogP contribution in [0.25, 0.3) is 0 Å². The van der Waals surface area contributed by atoms with Crippen LogP contribution in [0.1, 0.15) is 18.1 Å². The molecule has 0 aliphatic heterocycles. The zero-order chi connectivity index (χ0) is 16.5. The molecule has 23 heavy (non-hydrogen) atoms. The van der Waals surface area contributed by atoms with Crippen LogP contribution in [0.3, 0.4) is 0 Å². The van der Waals surface area contributed by atoms with Gasteiger partial charge in [0.2, 0.25) is 0 Å². The van der Waals surface area contributed by atoms with Gasteiger partial charge in [-0.3, -0.25) is 0 Å². The molecule has 4 nitrogen and oxygen atoms in total. The van der Waals surface area contributed by atoms with Crippen LogP contribution in [-0.2, 0) is 13.0 Å². The summed E-state index contributed by atoms with van der Waals surface area (Å²) in [5.41, 5.74) is 2.05. The lowest BCUT2D eigenvalue weighted by Crippen LogP contribution is -2.36. The summed E-state index contributed by atoms with van der Waals surface area (Å²) >= 11 is 6.08. The smallest absolute Gasteiger partial charge is 0.315 e. The highest BCUT2D eigenvalue weighted by Crippen LogP contribution is 2.14. The molecule has 2 N–H and O–H groups in total. The van der Waals surface area contributed by atoms with E-state index < -0.39 is 0 Å². The van der Waals surface area contributed by atoms with Crippen molar-refractivity contribution < 1.29 is 9.53 Å². The fraction of sp³-hybridized carbons (Fsp3) is 0.278. The van der Waals surface area contributed by atoms with Gasteiger partial charge in [-0.05, 0) is 42.7 Å². The van der Waals surface area contributed by atoms with Gasteiger partial charge in [0.05, 0.1) is 6.61 Å². The maximum atomic E-state index is 11.8. The van der Waals surface area contributed by atoms with Gasteiger partial charge in [0.15, 0.2) is 0 Å². The van der Waals surface area contributed by atoms with Gasteiger partial charge in [-0.15, -0.1) is 0 Å². The van der Waals surface area contributed by atoms with Gasteiger partial charge in [-0.25, -0.2) is 4.79 Å². The monoisotopic (exact) mass is 332 g/mol. The number of ether oxygens (including phenoxy) is 1. The molecule has 0 bridgehead atoms. The van der Waals surface area contributed by atoms with Crippen molar-refractivity contribution in [3.63, 3.8) is 0 Å². The van der Waals surface area contributed by atoms with Crippen molar-refractivity contribution in [2.45, 2.75) is 19.9 Å². The van der Waals surface area contributed by atoms with Crippen LogP contribution >= 0.6 is 11.6 Å². The molecule has 0 unspecified atom stereocenters. The number of hydrogen-bond donors (Lipinski definition) is 2. The van der Waals surface area contributed by atoms with Crippen LogP contribution in [0.5, 0.6) is 5.75 Å². The van der Waals surface area contributed by atoms with Gasteiger partial charge in [0.25, 0.3) is 0 Å². The van der Waals surface area contributed by atoms with Crippen LogP contribution in [0, 0.1) is 0 Å². The third kappa shape index (κ3) is 5.83. The van der Waals surface area contributed by atoms with E-state index >= 15 is 0 Å². The Morgan fingerprint density at radius 1 is 1.09 bits per heavy atom. The normalized spacial score (nSPS) is 10.2. The number of amides is 2. The first kappa shape index (κ1) is 17.2. The largest absolute Gasteiger partial charge is 0.494 e. The molecule has 5 heteroatoms. The Labute approximate surface area is 141 Å². The van der Waals surface area contributed by atoms with E-state index in [1.54, 1.807) is 0 Å². The van der Waals surface area contributed by atoms with E-state index in [1.165, 1.54) is 0 Å². The van der Waals surface area contributed by atoms with Crippen molar-refractivity contribution in [2.24, 2.45) is 0 Å². The molecule has 0 aromatic heterocycles. The first-order valence-electron chi connectivity index (χ1n) is 7.66. The molecule has 2 rings (SSSR count). The second-order valence-corrected chi connectivity index (χ2v) is 5.44. The van der Waals surface area contributed by atoms with E-state index in [1.807, 2.05) is 55.5 Å². The predicted molar refractivity (Wildman–Crippen MR) is 93.0 cm³/mol. The highest BCUT2D eigenvalue weighted by Gasteiger charge is 2.02. The first-order valence-corrected chi connectivity index (χ1v) is 8.03. The fourth-order valence-electron chi connectivity index (χ4n) is 2.13. The Bertz CT molecular complexity index is 629. The van der Waals surface area contributed by atoms with E-state index in [-0.39, 0.29) is 6.03 Å². The average molecular weight is 333 g/mol. The summed E-state index contributed by atoms with van der Waals surface area (Å²) in [5, 5.41) is 6.38. The molecule has 0 aliphatic rings. The third-order valence-corrected chi connectivity index (χ3v) is 3.69. The maximum absolute atomic E-state index is 11.8. The topological polar surface area (TPSA) is 50.4 Å². The Morgan fingerprint density at radius 2 is 1.83 bits per heavy atom. The van der Waals surface area contributed by atoms with Crippen molar-refractivity contribution in [1.82, 2.24) is 10.6 Å². The van der Waals surface area contributed by atoms with Crippen LogP contribution in [0.2, 0.25) is 5.02 Å². The number of nitrogens with one attached hydrogen (secondary N) is 2. The molecule has 0 fully saturated rings. The molecule has 2 aromatic rings. The number of hydrogen-bond acceptors (Lipinski definition) is 2. The molecule has 0 saturated heterocycles. The Balaban J connectivity index is 1.69. The lowest BCUT2D eigenvalue weighted by molar-refractivity contribution is 0.240. The molecule has 0 aliphatic carbocycles. The van der Waals surface area contributed by atoms with E-state index in [4.69, 9.17) is 16.3 Å². The van der Waals surface area contributed by atoms with Crippen molar-refractivity contribution in [2.75, 3.05) is 13.2 Å². The number of urea groups is 1. The molecule has 122 valence electrons. The van der Waals surface area contributed by atoms with Crippen molar-refractivity contribution in [3.8, 4) is 5.75 Å². The summed E-state index contributed by atoms with van der Waals surface area (Å²) in [6.07, 6.45) is 0.705. The number of benzene rings is 2. The molecular weight excluding hydrogens is 312 g/mol. The minimum Gasteiger partial charge on any atom is -0.494 e. The molecule has 2 amide bonds. The number of carbonyl (C=O) groups is 1. The summed E-state index contributed by atoms with van der Waals surface area (Å²) < 4.78 is 5.38. The summed E-state index contributed by atoms with van der Waals surface area (Å²) in [7, 11) is 0. The van der Waals surface area contributed by atoms with Gasteiger partial charge in [0, 0.05) is 18.1 Å². The summed E-state index contributed by atoms with van der Waals surface area (Å²) in [6.45, 7) is 3.61. The summed E-state index contributed by atoms with van der Waals surface area (Å²) in [5.74, 6) is 0.834. The maximum Gasteiger partial charge on any atom is 0.315 e. The molecule has 0 radical (unpaired) electrons. The Hall–Kier alpha value is -2.20. The Morgan fingerprint density at radius 3 is 2.52 bits per heavy atom. The van der Waals surface area contributed by atoms with Crippen LogP contribution in [0.15, 0.2) is 48.5 Å². The SMILES string of the molecule is CCOc1ccc(CNC(=O)NCCc2ccccc2Cl)cc1. The van der Waals surface area contributed by atoms with Crippen LogP contribution in [0.4, 0.5) is 4.79 Å². The van der Waals surface area contributed by atoms with E-state index in [2.05, 4.69) is 10.6 Å². The minimum atomic E-state index is -0.189. The molecule has 0 saturated carbocycles. The number of rotatable bonds is 7. The fourth-order valence-corrected chi connectivity index (χ4v) is 2.36. The van der Waals surface area contributed by atoms with Crippen LogP contribution in [-0.4, -0.2) is 19.2 Å². The standard InChI is InChI=1S/C18H21ClN2O2/c1-2-23-16-9-7-14(8-10-16)13-21-18(22)20-12-11-15-5-3-4-6-17(15)19/h3-10H,2,11-13H2,1H3,(H2,20,21,22). The second-order valence-electron chi connectivity index (χ2n) is 5.03. The second kappa shape index (κ2) is 9.06. The lowest BCUT2D eigenvalue weighted by Gasteiger charge is -2.09. The summed E-state index contributed by atoms with van der Waals surface area (Å²) in [4.78, 5) is 11.8. The van der Waals surface area contributed by atoms with E-state index in [0.717, 1.165) is 21.9 Å². The quantitative estimate of drug-likeness (QED) is 0.810. The molecule has 0 atom stereocenters. The minimum absolute atomic E-state index is 0.189. The summed E-state index contributed by atoms with van der Waals surface area (Å²) in [6, 6.07) is 15.1. The van der Waals surface area contributed by atoms with Crippen molar-refractivity contribution >= 4 is 17.6 Å². The van der Waals surface area contributed by atoms with Crippen LogP contribution < -0.4 is 15.4 Å². The van der Waals surface area contributed by atoms with E-state index in [0.29, 0.717) is 26.1 Å². The Kier molecular flexibility index (Phi) is 6.76. The van der Waals surface area contributed by atoms with Crippen molar-refractivity contribution in [3.05, 3.63) is 64.7 Å². The number of carbonyl (C=O) groups excluding carboxylic acids is 1. The predicted octanol–water partition coefficient (Wildman–Crippen LogP) is 3.78. The zero-order valence-corrected chi connectivity index (χ0v) is 13.9. The first-order chi connectivity index (χ1) is 11.2. The third-order valence-electron chi connectivity index (χ3n) is 3.33. The van der Waals surface area contributed by atoms with Gasteiger partial charge < -0.3 is 15.4 Å². The molecule has 2 aromatic carbocycles. The average Bonchev–Trinajstić information content (AvgIpc) is 2.56. The van der Waals surface area contributed by atoms with E-state index in [9.17, 15) is 4.79 Å². The lowest BCUT2D eigenvalue weighted by atomic mass is 10.1. The molecule has 0 heterocycles. The highest BCUT2D eigenvalue weighted by atomic mass is 35.5. The highest BCUT2D eigenvalue weighted by molar-refractivity contribution is 6.31. The van der Waals surface area contributed by atoms with Gasteiger partial charge in [-0.1, -0.05) is 41.9 Å². The van der Waals surface area contributed by atoms with Crippen molar-refractivity contribution in [1.29, 1.82) is 0 Å². The zero-order valence-electron chi connectivity index (χ0n) is 13.1. The molecular formula is C18H21ClN2O2.